The summed E-state index contributed by atoms with van der Waals surface area (Å²) in [6.45, 7) is -0.0325. The lowest BCUT2D eigenvalue weighted by Gasteiger charge is -2.11. The summed E-state index contributed by atoms with van der Waals surface area (Å²) in [7, 11) is 0. The van der Waals surface area contributed by atoms with Gasteiger partial charge in [-0.25, -0.2) is 8.78 Å². The maximum Gasteiger partial charge on any atom is 0.182 e. The van der Waals surface area contributed by atoms with Gasteiger partial charge < -0.3 is 10.5 Å². The van der Waals surface area contributed by atoms with E-state index in [1.807, 2.05) is 0 Å². The molecule has 0 heterocycles. The van der Waals surface area contributed by atoms with E-state index in [1.165, 1.54) is 24.3 Å². The molecule has 3 nitrogen and oxygen atoms in total. The molecule has 0 aliphatic rings. The molecule has 0 amide bonds. The van der Waals surface area contributed by atoms with Crippen LogP contribution in [0.2, 0.25) is 5.02 Å². The molecule has 21 heavy (non-hydrogen) atoms. The van der Waals surface area contributed by atoms with Crippen molar-refractivity contribution < 1.29 is 13.5 Å². The zero-order valence-electron chi connectivity index (χ0n) is 10.6. The van der Waals surface area contributed by atoms with Crippen molar-refractivity contribution >= 4 is 28.6 Å². The van der Waals surface area contributed by atoms with Crippen molar-refractivity contribution in [2.24, 2.45) is 5.73 Å². The quantitative estimate of drug-likeness (QED) is 0.869. The van der Waals surface area contributed by atoms with Crippen molar-refractivity contribution in [1.29, 1.82) is 5.26 Å². The molecule has 110 valence electrons. The Balaban J connectivity index is 0.00000220. The summed E-state index contributed by atoms with van der Waals surface area (Å²) in [5.41, 5.74) is 5.73. The molecule has 0 fully saturated rings. The molecule has 0 aliphatic carbocycles. The lowest BCUT2D eigenvalue weighted by atomic mass is 10.2. The van der Waals surface area contributed by atoms with Crippen LogP contribution in [0.1, 0.15) is 11.1 Å². The van der Waals surface area contributed by atoms with Gasteiger partial charge >= 0.3 is 0 Å². The zero-order chi connectivity index (χ0) is 14.7. The average Bonchev–Trinajstić information content (AvgIpc) is 2.45. The third kappa shape index (κ3) is 3.70. The zero-order valence-corrected chi connectivity index (χ0v) is 13.0. The largest absolute Gasteiger partial charge is 0.450 e. The normalized spacial score (nSPS) is 9.67. The highest BCUT2D eigenvalue weighted by Gasteiger charge is 2.16. The first-order chi connectivity index (χ1) is 9.56. The Bertz CT molecular complexity index is 704. The monoisotopic (exact) mass is 374 g/mol. The summed E-state index contributed by atoms with van der Waals surface area (Å²) in [4.78, 5) is 0. The number of nitrogens with zero attached hydrogens (tertiary/aromatic N) is 1. The number of halogens is 4. The SMILES string of the molecule is Br.N#Cc1ccc(Oc2c(Cl)ccc(CN)c2F)c(F)c1. The summed E-state index contributed by atoms with van der Waals surface area (Å²) < 4.78 is 32.9. The summed E-state index contributed by atoms with van der Waals surface area (Å²) in [6.07, 6.45) is 0. The van der Waals surface area contributed by atoms with Gasteiger partial charge in [-0.15, -0.1) is 17.0 Å². The number of nitriles is 1. The van der Waals surface area contributed by atoms with Gasteiger partial charge in [-0.3, -0.25) is 0 Å². The number of hydrogen-bond acceptors (Lipinski definition) is 3. The highest BCUT2D eigenvalue weighted by Crippen LogP contribution is 2.34. The van der Waals surface area contributed by atoms with Crippen LogP contribution in [-0.2, 0) is 6.54 Å². The van der Waals surface area contributed by atoms with Gasteiger partial charge in [-0.1, -0.05) is 17.7 Å². The molecule has 0 unspecified atom stereocenters. The molecule has 2 rings (SSSR count). The van der Waals surface area contributed by atoms with Gasteiger partial charge in [0.05, 0.1) is 16.7 Å². The molecule has 2 aromatic rings. The lowest BCUT2D eigenvalue weighted by molar-refractivity contribution is 0.412. The molecule has 0 saturated heterocycles. The first-order valence-electron chi connectivity index (χ1n) is 5.61. The van der Waals surface area contributed by atoms with Crippen LogP contribution in [0.4, 0.5) is 8.78 Å². The molecular formula is C14H10BrClF2N2O. The number of rotatable bonds is 3. The van der Waals surface area contributed by atoms with Gasteiger partial charge in [-0.2, -0.15) is 5.26 Å². The van der Waals surface area contributed by atoms with Crippen LogP contribution in [0.15, 0.2) is 30.3 Å². The second-order valence-corrected chi connectivity index (χ2v) is 4.32. The molecule has 2 N–H and O–H groups in total. The molecule has 7 heteroatoms. The van der Waals surface area contributed by atoms with Crippen LogP contribution < -0.4 is 10.5 Å². The van der Waals surface area contributed by atoms with Gasteiger partial charge in [0, 0.05) is 12.1 Å². The van der Waals surface area contributed by atoms with Crippen molar-refractivity contribution in [1.82, 2.24) is 0 Å². The molecule has 0 radical (unpaired) electrons. The van der Waals surface area contributed by atoms with Crippen molar-refractivity contribution in [2.75, 3.05) is 0 Å². The predicted octanol–water partition coefficient (Wildman–Crippen LogP) is 4.32. The predicted molar refractivity (Wildman–Crippen MR) is 80.8 cm³/mol. The number of hydrogen-bond donors (Lipinski definition) is 1. The molecule has 0 aliphatic heterocycles. The number of nitrogens with two attached hydrogens (primary N) is 1. The minimum absolute atomic E-state index is 0. The Morgan fingerprint density at radius 2 is 1.95 bits per heavy atom. The van der Waals surface area contributed by atoms with Crippen LogP contribution in [0.3, 0.4) is 0 Å². The topological polar surface area (TPSA) is 59.0 Å². The van der Waals surface area contributed by atoms with Gasteiger partial charge in [0.1, 0.15) is 0 Å². The Kier molecular flexibility index (Phi) is 6.09. The van der Waals surface area contributed by atoms with Crippen LogP contribution in [0.5, 0.6) is 11.5 Å². The Morgan fingerprint density at radius 1 is 1.24 bits per heavy atom. The fourth-order valence-electron chi connectivity index (χ4n) is 1.59. The van der Waals surface area contributed by atoms with Crippen LogP contribution in [-0.4, -0.2) is 0 Å². The summed E-state index contributed by atoms with van der Waals surface area (Å²) >= 11 is 5.84. The highest BCUT2D eigenvalue weighted by molar-refractivity contribution is 8.93. The molecule has 0 aromatic heterocycles. The Morgan fingerprint density at radius 3 is 2.52 bits per heavy atom. The highest BCUT2D eigenvalue weighted by atomic mass is 79.9. The second kappa shape index (κ2) is 7.36. The van der Waals surface area contributed by atoms with E-state index in [2.05, 4.69) is 0 Å². The van der Waals surface area contributed by atoms with E-state index >= 15 is 0 Å². The van der Waals surface area contributed by atoms with Crippen molar-refractivity contribution in [3.8, 4) is 17.6 Å². The van der Waals surface area contributed by atoms with Crippen LogP contribution >= 0.6 is 28.6 Å². The summed E-state index contributed by atoms with van der Waals surface area (Å²) in [5.74, 6) is -2.03. The Hall–Kier alpha value is -1.68. The van der Waals surface area contributed by atoms with E-state index in [1.54, 1.807) is 6.07 Å². The number of ether oxygens (including phenoxy) is 1. The van der Waals surface area contributed by atoms with Crippen molar-refractivity contribution in [2.45, 2.75) is 6.54 Å². The fraction of sp³-hybridized carbons (Fsp3) is 0.0714. The molecule has 0 bridgehead atoms. The van der Waals surface area contributed by atoms with E-state index < -0.39 is 11.6 Å². The maximum absolute atomic E-state index is 14.0. The fourth-order valence-corrected chi connectivity index (χ4v) is 1.77. The molecule has 0 saturated carbocycles. The van der Waals surface area contributed by atoms with E-state index in [4.69, 9.17) is 27.3 Å². The molecular weight excluding hydrogens is 366 g/mol. The van der Waals surface area contributed by atoms with E-state index in [9.17, 15) is 8.78 Å². The molecule has 0 atom stereocenters. The van der Waals surface area contributed by atoms with E-state index in [0.717, 1.165) is 6.07 Å². The van der Waals surface area contributed by atoms with Crippen LogP contribution in [0.25, 0.3) is 0 Å². The third-order valence-electron chi connectivity index (χ3n) is 2.62. The smallest absolute Gasteiger partial charge is 0.182 e. The molecule has 2 aromatic carbocycles. The number of benzene rings is 2. The first kappa shape index (κ1) is 17.4. The second-order valence-electron chi connectivity index (χ2n) is 3.91. The van der Waals surface area contributed by atoms with Gasteiger partial charge in [0.2, 0.25) is 0 Å². The van der Waals surface area contributed by atoms with Crippen molar-refractivity contribution in [3.05, 3.63) is 58.1 Å². The van der Waals surface area contributed by atoms with Crippen LogP contribution in [0, 0.1) is 23.0 Å². The summed E-state index contributed by atoms with van der Waals surface area (Å²) in [5, 5.41) is 8.65. The van der Waals surface area contributed by atoms with Gasteiger partial charge in [0.25, 0.3) is 0 Å². The lowest BCUT2D eigenvalue weighted by Crippen LogP contribution is -2.02. The van der Waals surface area contributed by atoms with Gasteiger partial charge in [-0.05, 0) is 24.3 Å². The molecule has 0 spiro atoms. The third-order valence-corrected chi connectivity index (χ3v) is 2.92. The van der Waals surface area contributed by atoms with E-state index in [-0.39, 0.29) is 51.2 Å². The summed E-state index contributed by atoms with van der Waals surface area (Å²) in [6, 6.07) is 8.23. The minimum Gasteiger partial charge on any atom is -0.450 e. The minimum atomic E-state index is -0.780. The average molecular weight is 376 g/mol. The standard InChI is InChI=1S/C14H9ClF2N2O.BrH/c15-10-3-2-9(7-19)13(17)14(10)20-12-4-1-8(6-18)5-11(12)16;/h1-5H,7,19H2;1H. The van der Waals surface area contributed by atoms with Crippen molar-refractivity contribution in [3.63, 3.8) is 0 Å². The Labute approximate surface area is 135 Å². The van der Waals surface area contributed by atoms with Gasteiger partial charge in [0.15, 0.2) is 23.1 Å². The van der Waals surface area contributed by atoms with E-state index in [0.29, 0.717) is 0 Å². The maximum atomic E-state index is 14.0. The first-order valence-corrected chi connectivity index (χ1v) is 5.99.